The SMILES string of the molecule is CC1c2cc(OCCCCCCCn3ccnc3)ccc2N=C2NC(=O)C(C(N)=O)N21. The van der Waals surface area contributed by atoms with Crippen LogP contribution in [0.5, 0.6) is 5.75 Å². The molecular weight excluding hydrogens is 396 g/mol. The first-order valence-corrected chi connectivity index (χ1v) is 10.7. The number of aryl methyl sites for hydroxylation is 1. The molecule has 1 fully saturated rings. The van der Waals surface area contributed by atoms with Crippen LogP contribution < -0.4 is 15.8 Å². The smallest absolute Gasteiger partial charge is 0.259 e. The summed E-state index contributed by atoms with van der Waals surface area (Å²) < 4.78 is 8.04. The second kappa shape index (κ2) is 9.20. The van der Waals surface area contributed by atoms with Gasteiger partial charge < -0.3 is 19.9 Å². The Labute approximate surface area is 181 Å². The fourth-order valence-electron chi connectivity index (χ4n) is 4.11. The number of hydrogen-bond acceptors (Lipinski definition) is 6. The molecule has 4 rings (SSSR count). The van der Waals surface area contributed by atoms with E-state index in [0.29, 0.717) is 12.6 Å². The lowest BCUT2D eigenvalue weighted by Crippen LogP contribution is -2.47. The summed E-state index contributed by atoms with van der Waals surface area (Å²) >= 11 is 0. The van der Waals surface area contributed by atoms with Crippen LogP contribution in [0.25, 0.3) is 0 Å². The Morgan fingerprint density at radius 2 is 2.03 bits per heavy atom. The quantitative estimate of drug-likeness (QED) is 0.448. The molecule has 2 aliphatic heterocycles. The highest BCUT2D eigenvalue weighted by molar-refractivity contribution is 6.17. The Kier molecular flexibility index (Phi) is 6.20. The van der Waals surface area contributed by atoms with Crippen molar-refractivity contribution in [1.29, 1.82) is 0 Å². The molecule has 2 aliphatic rings. The van der Waals surface area contributed by atoms with Gasteiger partial charge in [-0.3, -0.25) is 14.9 Å². The molecule has 9 heteroatoms. The Balaban J connectivity index is 1.25. The molecule has 9 nitrogen and oxygen atoms in total. The van der Waals surface area contributed by atoms with E-state index < -0.39 is 17.9 Å². The number of nitrogens with zero attached hydrogens (tertiary/aromatic N) is 4. The van der Waals surface area contributed by atoms with Gasteiger partial charge in [-0.25, -0.2) is 9.98 Å². The molecule has 2 unspecified atom stereocenters. The van der Waals surface area contributed by atoms with Gasteiger partial charge in [-0.15, -0.1) is 0 Å². The monoisotopic (exact) mass is 424 g/mol. The maximum absolute atomic E-state index is 12.1. The summed E-state index contributed by atoms with van der Waals surface area (Å²) in [7, 11) is 0. The van der Waals surface area contributed by atoms with E-state index in [1.165, 1.54) is 12.8 Å². The fraction of sp³-hybridized carbons (Fsp3) is 0.455. The molecule has 2 aromatic rings. The minimum absolute atomic E-state index is 0.224. The summed E-state index contributed by atoms with van der Waals surface area (Å²) in [5, 5.41) is 2.64. The van der Waals surface area contributed by atoms with Gasteiger partial charge in [-0.05, 0) is 38.0 Å². The number of aromatic nitrogens is 2. The fourth-order valence-corrected chi connectivity index (χ4v) is 4.11. The van der Waals surface area contributed by atoms with E-state index in [1.807, 2.05) is 43.8 Å². The number of nitrogens with two attached hydrogens (primary N) is 1. The molecule has 1 aromatic carbocycles. The number of primary amides is 1. The second-order valence-electron chi connectivity index (χ2n) is 7.95. The number of amides is 2. The van der Waals surface area contributed by atoms with Crippen LogP contribution in [0, 0.1) is 0 Å². The highest BCUT2D eigenvalue weighted by atomic mass is 16.5. The lowest BCUT2D eigenvalue weighted by molar-refractivity contribution is -0.131. The zero-order valence-electron chi connectivity index (χ0n) is 17.7. The molecule has 2 amide bonds. The Morgan fingerprint density at radius 1 is 1.23 bits per heavy atom. The average Bonchev–Trinajstić information content (AvgIpc) is 3.37. The van der Waals surface area contributed by atoms with Gasteiger partial charge in [0.05, 0.1) is 24.7 Å². The summed E-state index contributed by atoms with van der Waals surface area (Å²) in [6.45, 7) is 3.59. The second-order valence-corrected chi connectivity index (χ2v) is 7.95. The van der Waals surface area contributed by atoms with Crippen molar-refractivity contribution in [3.63, 3.8) is 0 Å². The number of hydrogen-bond donors (Lipinski definition) is 2. The molecule has 0 radical (unpaired) electrons. The molecule has 1 aromatic heterocycles. The topological polar surface area (TPSA) is 115 Å². The lowest BCUT2D eigenvalue weighted by Gasteiger charge is -2.33. The van der Waals surface area contributed by atoms with E-state index in [0.717, 1.165) is 42.8 Å². The van der Waals surface area contributed by atoms with Crippen LogP contribution in [-0.2, 0) is 16.1 Å². The number of benzene rings is 1. The van der Waals surface area contributed by atoms with E-state index >= 15 is 0 Å². The highest BCUT2D eigenvalue weighted by Gasteiger charge is 2.45. The standard InChI is InChI=1S/C22H28N6O3/c1-15-17-13-16(31-12-6-4-2-3-5-10-27-11-9-24-14-27)7-8-18(17)25-22-26-21(30)19(20(23)29)28(15)22/h7-9,11,13-15,19H,2-6,10,12H2,1H3,(H2,23,29)(H,25,26,30). The molecule has 2 atom stereocenters. The van der Waals surface area contributed by atoms with Crippen molar-refractivity contribution in [3.8, 4) is 5.75 Å². The average molecular weight is 425 g/mol. The number of fused-ring (bicyclic) bond motifs is 2. The molecule has 3 N–H and O–H groups in total. The Hall–Kier alpha value is -3.36. The van der Waals surface area contributed by atoms with Crippen molar-refractivity contribution >= 4 is 23.5 Å². The van der Waals surface area contributed by atoms with Gasteiger partial charge in [0.1, 0.15) is 5.75 Å². The number of ether oxygens (including phenoxy) is 1. The maximum atomic E-state index is 12.1. The molecule has 31 heavy (non-hydrogen) atoms. The summed E-state index contributed by atoms with van der Waals surface area (Å²) in [6, 6.07) is 4.44. The first-order valence-electron chi connectivity index (χ1n) is 10.7. The van der Waals surface area contributed by atoms with Crippen molar-refractivity contribution in [2.24, 2.45) is 10.7 Å². The molecule has 1 saturated heterocycles. The third-order valence-electron chi connectivity index (χ3n) is 5.76. The third kappa shape index (κ3) is 4.55. The van der Waals surface area contributed by atoms with Gasteiger partial charge in [0.25, 0.3) is 5.91 Å². The lowest BCUT2D eigenvalue weighted by atomic mass is 10.0. The Morgan fingerprint density at radius 3 is 2.81 bits per heavy atom. The van der Waals surface area contributed by atoms with Crippen LogP contribution in [-0.4, -0.2) is 44.9 Å². The summed E-state index contributed by atoms with van der Waals surface area (Å²) in [6.07, 6.45) is 11.3. The molecule has 0 saturated carbocycles. The summed E-state index contributed by atoms with van der Waals surface area (Å²) in [4.78, 5) is 34.0. The van der Waals surface area contributed by atoms with Crippen LogP contribution in [0.1, 0.15) is 50.6 Å². The van der Waals surface area contributed by atoms with Crippen LogP contribution in [0.4, 0.5) is 5.69 Å². The van der Waals surface area contributed by atoms with Crippen molar-refractivity contribution in [2.45, 2.75) is 57.7 Å². The summed E-state index contributed by atoms with van der Waals surface area (Å²) in [5.41, 5.74) is 7.10. The van der Waals surface area contributed by atoms with Crippen LogP contribution in [0.15, 0.2) is 41.9 Å². The zero-order valence-corrected chi connectivity index (χ0v) is 17.7. The van der Waals surface area contributed by atoms with Crippen LogP contribution in [0.3, 0.4) is 0 Å². The van der Waals surface area contributed by atoms with E-state index in [9.17, 15) is 9.59 Å². The molecule has 164 valence electrons. The predicted molar refractivity (Wildman–Crippen MR) is 116 cm³/mol. The van der Waals surface area contributed by atoms with E-state index in [-0.39, 0.29) is 6.04 Å². The molecule has 0 bridgehead atoms. The largest absolute Gasteiger partial charge is 0.494 e. The number of guanidine groups is 1. The number of aliphatic imine (C=N–C) groups is 1. The number of carbonyl (C=O) groups is 2. The van der Waals surface area contributed by atoms with E-state index in [2.05, 4.69) is 19.9 Å². The van der Waals surface area contributed by atoms with Gasteiger partial charge in [-0.2, -0.15) is 0 Å². The zero-order chi connectivity index (χ0) is 21.8. The van der Waals surface area contributed by atoms with Crippen molar-refractivity contribution in [3.05, 3.63) is 42.5 Å². The number of unbranched alkanes of at least 4 members (excludes halogenated alkanes) is 4. The molecule has 0 aliphatic carbocycles. The summed E-state index contributed by atoms with van der Waals surface area (Å²) in [5.74, 6) is 0.0109. The van der Waals surface area contributed by atoms with Gasteiger partial charge in [0, 0.05) is 24.5 Å². The third-order valence-corrected chi connectivity index (χ3v) is 5.76. The highest BCUT2D eigenvalue weighted by Crippen LogP contribution is 2.39. The van der Waals surface area contributed by atoms with Gasteiger partial charge in [0.2, 0.25) is 11.9 Å². The molecule has 3 heterocycles. The first-order chi connectivity index (χ1) is 15.0. The van der Waals surface area contributed by atoms with Crippen LogP contribution in [0.2, 0.25) is 0 Å². The molecule has 0 spiro atoms. The van der Waals surface area contributed by atoms with Crippen molar-refractivity contribution in [2.75, 3.05) is 6.61 Å². The number of carbonyl (C=O) groups excluding carboxylic acids is 2. The van der Waals surface area contributed by atoms with Crippen molar-refractivity contribution < 1.29 is 14.3 Å². The Bertz CT molecular complexity index is 972. The number of rotatable bonds is 10. The van der Waals surface area contributed by atoms with Crippen molar-refractivity contribution in [1.82, 2.24) is 19.8 Å². The maximum Gasteiger partial charge on any atom is 0.259 e. The molecular formula is C22H28N6O3. The van der Waals surface area contributed by atoms with Gasteiger partial charge >= 0.3 is 0 Å². The first kappa shape index (κ1) is 20.9. The predicted octanol–water partition coefficient (Wildman–Crippen LogP) is 2.26. The van der Waals surface area contributed by atoms with Gasteiger partial charge in [-0.1, -0.05) is 19.3 Å². The van der Waals surface area contributed by atoms with E-state index in [4.69, 9.17) is 10.5 Å². The normalized spacial score (nSPS) is 19.5. The van der Waals surface area contributed by atoms with Gasteiger partial charge in [0.15, 0.2) is 6.04 Å². The minimum Gasteiger partial charge on any atom is -0.494 e. The van der Waals surface area contributed by atoms with Crippen LogP contribution >= 0.6 is 0 Å². The van der Waals surface area contributed by atoms with E-state index in [1.54, 1.807) is 4.90 Å². The number of imidazole rings is 1. The minimum atomic E-state index is -1.04. The number of nitrogens with one attached hydrogen (secondary N) is 1.